The first kappa shape index (κ1) is 12.0. The van der Waals surface area contributed by atoms with Gasteiger partial charge in [-0.3, -0.25) is 0 Å². The Morgan fingerprint density at radius 1 is 1.61 bits per heavy atom. The Morgan fingerprint density at radius 2 is 2.33 bits per heavy atom. The molecule has 0 saturated heterocycles. The van der Waals surface area contributed by atoms with E-state index in [2.05, 4.69) is 9.72 Å². The van der Waals surface area contributed by atoms with E-state index in [0.29, 0.717) is 0 Å². The Labute approximate surface area is 101 Å². The number of hydrogen-bond donors (Lipinski definition) is 1. The molecule has 0 saturated carbocycles. The standard InChI is InChI=1S/C11H9FN2O4/c1-2-18-11(16)9-10(15)13-7-4-3-6(12)5-8(7)14(9)17/h3-5H,2H2,1H3,(H,13,15). The molecule has 6 nitrogen and oxygen atoms in total. The molecule has 1 heterocycles. The fourth-order valence-corrected chi connectivity index (χ4v) is 1.51. The number of halogens is 1. The lowest BCUT2D eigenvalue weighted by Crippen LogP contribution is -2.37. The molecule has 0 bridgehead atoms. The highest BCUT2D eigenvalue weighted by atomic mass is 19.1. The number of aromatic hydroxyl groups is 1. The molecule has 18 heavy (non-hydrogen) atoms. The molecular formula is C11H9FN2O4. The second-order valence-corrected chi connectivity index (χ2v) is 3.43. The summed E-state index contributed by atoms with van der Waals surface area (Å²) in [5, 5.41) is 21.4. The van der Waals surface area contributed by atoms with Crippen molar-refractivity contribution in [3.05, 3.63) is 34.9 Å². The van der Waals surface area contributed by atoms with Gasteiger partial charge in [-0.05, 0) is 19.1 Å². The van der Waals surface area contributed by atoms with Gasteiger partial charge in [-0.1, -0.05) is 0 Å². The molecule has 0 aliphatic heterocycles. The normalized spacial score (nSPS) is 10.6. The summed E-state index contributed by atoms with van der Waals surface area (Å²) in [6.07, 6.45) is 0. The highest BCUT2D eigenvalue weighted by Gasteiger charge is 2.27. The third kappa shape index (κ3) is 1.90. The first-order chi connectivity index (χ1) is 8.54. The van der Waals surface area contributed by atoms with E-state index in [0.717, 1.165) is 12.1 Å². The zero-order valence-electron chi connectivity index (χ0n) is 9.38. The average molecular weight is 252 g/mol. The molecule has 1 aromatic heterocycles. The topological polar surface area (TPSA) is 86.4 Å². The summed E-state index contributed by atoms with van der Waals surface area (Å²) in [5.41, 5.74) is -0.734. The molecule has 0 fully saturated rings. The van der Waals surface area contributed by atoms with Crippen LogP contribution in [0.25, 0.3) is 11.0 Å². The van der Waals surface area contributed by atoms with Crippen molar-refractivity contribution >= 4 is 17.0 Å². The summed E-state index contributed by atoms with van der Waals surface area (Å²) in [5.74, 6) is -2.40. The zero-order valence-corrected chi connectivity index (χ0v) is 9.38. The predicted octanol–water partition coefficient (Wildman–Crippen LogP) is 0.890. The molecule has 7 heteroatoms. The van der Waals surface area contributed by atoms with Crippen LogP contribution in [0.4, 0.5) is 4.39 Å². The van der Waals surface area contributed by atoms with Gasteiger partial charge in [-0.15, -0.1) is 0 Å². The first-order valence-corrected chi connectivity index (χ1v) is 5.13. The smallest absolute Gasteiger partial charge is 0.411 e. The maximum atomic E-state index is 13.0. The lowest BCUT2D eigenvalue weighted by Gasteiger charge is -2.07. The van der Waals surface area contributed by atoms with E-state index in [1.54, 1.807) is 6.92 Å². The van der Waals surface area contributed by atoms with Crippen molar-refractivity contribution in [3.63, 3.8) is 0 Å². The Kier molecular flexibility index (Phi) is 2.97. The average Bonchev–Trinajstić information content (AvgIpc) is 2.31. The summed E-state index contributed by atoms with van der Waals surface area (Å²) in [7, 11) is 0. The molecule has 0 aliphatic rings. The Morgan fingerprint density at radius 3 is 3.00 bits per heavy atom. The quantitative estimate of drug-likeness (QED) is 0.487. The molecule has 0 unspecified atom stereocenters. The Bertz CT molecular complexity index is 630. The molecule has 94 valence electrons. The van der Waals surface area contributed by atoms with E-state index in [-0.39, 0.29) is 22.4 Å². The maximum Gasteiger partial charge on any atom is 0.411 e. The number of carbonyl (C=O) groups excluding carboxylic acids is 1. The van der Waals surface area contributed by atoms with Crippen molar-refractivity contribution in [1.82, 2.24) is 4.98 Å². The van der Waals surface area contributed by atoms with E-state index in [9.17, 15) is 19.5 Å². The second kappa shape index (κ2) is 4.44. The number of benzene rings is 1. The molecule has 0 amide bonds. The van der Waals surface area contributed by atoms with Gasteiger partial charge in [0.25, 0.3) is 5.88 Å². The molecule has 0 aliphatic carbocycles. The number of rotatable bonds is 2. The van der Waals surface area contributed by atoms with Crippen LogP contribution in [0.15, 0.2) is 18.2 Å². The van der Waals surface area contributed by atoms with E-state index in [1.165, 1.54) is 6.07 Å². The number of hydrogen-bond acceptors (Lipinski definition) is 5. The lowest BCUT2D eigenvalue weighted by molar-refractivity contribution is -0.581. The molecule has 0 atom stereocenters. The highest BCUT2D eigenvalue weighted by Crippen LogP contribution is 2.17. The van der Waals surface area contributed by atoms with Gasteiger partial charge >= 0.3 is 11.7 Å². The SMILES string of the molecule is CCOC(=O)c1c(O)nc2ccc(F)cc2[n+]1[O-]. The van der Waals surface area contributed by atoms with Crippen LogP contribution >= 0.6 is 0 Å². The fourth-order valence-electron chi connectivity index (χ4n) is 1.51. The summed E-state index contributed by atoms with van der Waals surface area (Å²) < 4.78 is 17.8. The van der Waals surface area contributed by atoms with Crippen molar-refractivity contribution in [1.29, 1.82) is 0 Å². The minimum Gasteiger partial charge on any atom is -0.617 e. The Balaban J connectivity index is 2.70. The van der Waals surface area contributed by atoms with Crippen LogP contribution in [0.3, 0.4) is 0 Å². The summed E-state index contributed by atoms with van der Waals surface area (Å²) in [6.45, 7) is 1.59. The van der Waals surface area contributed by atoms with Crippen molar-refractivity contribution in [2.45, 2.75) is 6.92 Å². The third-order valence-corrected chi connectivity index (χ3v) is 2.27. The van der Waals surface area contributed by atoms with Crippen LogP contribution in [0.1, 0.15) is 17.4 Å². The zero-order chi connectivity index (χ0) is 13.3. The van der Waals surface area contributed by atoms with E-state index in [4.69, 9.17) is 0 Å². The third-order valence-electron chi connectivity index (χ3n) is 2.27. The first-order valence-electron chi connectivity index (χ1n) is 5.13. The number of ether oxygens (including phenoxy) is 1. The van der Waals surface area contributed by atoms with Gasteiger partial charge in [-0.25, -0.2) is 14.2 Å². The van der Waals surface area contributed by atoms with Gasteiger partial charge in [0.2, 0.25) is 5.52 Å². The highest BCUT2D eigenvalue weighted by molar-refractivity contribution is 5.89. The Hall–Kier alpha value is -2.44. The van der Waals surface area contributed by atoms with E-state index < -0.39 is 23.4 Å². The number of esters is 1. The number of carbonyl (C=O) groups is 1. The van der Waals surface area contributed by atoms with Gasteiger partial charge in [-0.2, -0.15) is 4.73 Å². The molecule has 1 aromatic carbocycles. The van der Waals surface area contributed by atoms with Crippen LogP contribution in [0, 0.1) is 11.0 Å². The minimum atomic E-state index is -1.01. The van der Waals surface area contributed by atoms with Gasteiger partial charge in [0, 0.05) is 6.07 Å². The van der Waals surface area contributed by atoms with Gasteiger partial charge in [0.1, 0.15) is 11.3 Å². The molecule has 1 N–H and O–H groups in total. The van der Waals surface area contributed by atoms with Gasteiger partial charge in [0.15, 0.2) is 0 Å². The molecule has 2 aromatic rings. The molecular weight excluding hydrogens is 243 g/mol. The lowest BCUT2D eigenvalue weighted by atomic mass is 10.2. The van der Waals surface area contributed by atoms with Crippen molar-refractivity contribution in [2.24, 2.45) is 0 Å². The number of fused-ring (bicyclic) bond motifs is 1. The van der Waals surface area contributed by atoms with Gasteiger partial charge < -0.3 is 15.1 Å². The number of aromatic nitrogens is 2. The molecule has 0 radical (unpaired) electrons. The van der Waals surface area contributed by atoms with Crippen molar-refractivity contribution in [3.8, 4) is 5.88 Å². The molecule has 0 spiro atoms. The number of nitrogens with zero attached hydrogens (tertiary/aromatic N) is 2. The van der Waals surface area contributed by atoms with Crippen LogP contribution in [0.2, 0.25) is 0 Å². The van der Waals surface area contributed by atoms with E-state index in [1.807, 2.05) is 0 Å². The predicted molar refractivity (Wildman–Crippen MR) is 58.3 cm³/mol. The van der Waals surface area contributed by atoms with E-state index >= 15 is 0 Å². The maximum absolute atomic E-state index is 13.0. The van der Waals surface area contributed by atoms with Crippen LogP contribution in [-0.2, 0) is 4.74 Å². The summed E-state index contributed by atoms with van der Waals surface area (Å²) >= 11 is 0. The minimum absolute atomic E-state index is 0.0411. The summed E-state index contributed by atoms with van der Waals surface area (Å²) in [6, 6.07) is 3.25. The monoisotopic (exact) mass is 252 g/mol. The second-order valence-electron chi connectivity index (χ2n) is 3.43. The van der Waals surface area contributed by atoms with Crippen LogP contribution in [-0.4, -0.2) is 22.7 Å². The van der Waals surface area contributed by atoms with Crippen LogP contribution in [0.5, 0.6) is 5.88 Å². The fraction of sp³-hybridized carbons (Fsp3) is 0.182. The largest absolute Gasteiger partial charge is 0.617 e. The van der Waals surface area contributed by atoms with Gasteiger partial charge in [0.05, 0.1) is 6.61 Å². The van der Waals surface area contributed by atoms with Crippen molar-refractivity contribution < 1.29 is 23.8 Å². The summed E-state index contributed by atoms with van der Waals surface area (Å²) in [4.78, 5) is 15.1. The van der Waals surface area contributed by atoms with Crippen molar-refractivity contribution in [2.75, 3.05) is 6.61 Å². The molecule has 2 rings (SSSR count). The van der Waals surface area contributed by atoms with Crippen LogP contribution < -0.4 is 4.73 Å².